The molecule has 0 unspecified atom stereocenters. The third-order valence-electron chi connectivity index (χ3n) is 1.61. The summed E-state index contributed by atoms with van der Waals surface area (Å²) >= 11 is 2.75. The highest BCUT2D eigenvalue weighted by Crippen LogP contribution is 2.26. The van der Waals surface area contributed by atoms with Crippen molar-refractivity contribution >= 4 is 27.6 Å². The number of nitrogens with two attached hydrogens (primary N) is 1. The number of benzene rings is 1. The molecule has 14 heavy (non-hydrogen) atoms. The van der Waals surface area contributed by atoms with Crippen LogP contribution in [0.25, 0.3) is 0 Å². The first-order valence-corrected chi connectivity index (χ1v) is 4.29. The first kappa shape index (κ1) is 10.9. The molecule has 0 aliphatic carbocycles. The van der Waals surface area contributed by atoms with E-state index in [1.807, 2.05) is 0 Å². The second kappa shape index (κ2) is 3.91. The Bertz CT molecular complexity index is 395. The van der Waals surface area contributed by atoms with E-state index in [-0.39, 0.29) is 10.0 Å². The number of hydrogen-bond donors (Lipinski definition) is 1. The lowest BCUT2D eigenvalue weighted by Crippen LogP contribution is -2.09. The molecular weight excluding hydrogens is 260 g/mol. The maximum atomic E-state index is 13.0. The summed E-state index contributed by atoms with van der Waals surface area (Å²) in [5, 5.41) is 0. The van der Waals surface area contributed by atoms with Crippen molar-refractivity contribution in [2.75, 3.05) is 12.8 Å². The third kappa shape index (κ3) is 1.70. The van der Waals surface area contributed by atoms with Crippen molar-refractivity contribution in [3.8, 4) is 0 Å². The number of rotatable bonds is 1. The van der Waals surface area contributed by atoms with Crippen LogP contribution in [0.3, 0.4) is 0 Å². The van der Waals surface area contributed by atoms with Crippen molar-refractivity contribution in [2.45, 2.75) is 0 Å². The van der Waals surface area contributed by atoms with Crippen LogP contribution in [-0.4, -0.2) is 13.1 Å². The van der Waals surface area contributed by atoms with Gasteiger partial charge in [-0.25, -0.2) is 13.6 Å². The number of hydrogen-bond acceptors (Lipinski definition) is 3. The minimum Gasteiger partial charge on any atom is -0.465 e. The molecule has 2 N–H and O–H groups in total. The number of nitrogen functional groups attached to an aromatic ring is 1. The minimum absolute atomic E-state index is 0.176. The zero-order valence-electron chi connectivity index (χ0n) is 7.11. The van der Waals surface area contributed by atoms with E-state index in [9.17, 15) is 13.6 Å². The van der Waals surface area contributed by atoms with Gasteiger partial charge in [-0.1, -0.05) is 0 Å². The molecule has 76 valence electrons. The van der Waals surface area contributed by atoms with Crippen molar-refractivity contribution in [2.24, 2.45) is 0 Å². The number of carbonyl (C=O) groups is 1. The summed E-state index contributed by atoms with van der Waals surface area (Å²) < 4.78 is 30.1. The van der Waals surface area contributed by atoms with Gasteiger partial charge in [0.1, 0.15) is 0 Å². The van der Waals surface area contributed by atoms with E-state index < -0.39 is 23.3 Å². The molecule has 0 atom stereocenters. The van der Waals surface area contributed by atoms with E-state index in [2.05, 4.69) is 20.7 Å². The van der Waals surface area contributed by atoms with Crippen LogP contribution in [0.1, 0.15) is 10.4 Å². The molecule has 0 fully saturated rings. The molecule has 1 aromatic carbocycles. The van der Waals surface area contributed by atoms with Crippen molar-refractivity contribution in [1.29, 1.82) is 0 Å². The standard InChI is InChI=1S/C8H6BrF2NO2/c1-14-8(13)3-2-4(9)5(10)6(11)7(3)12/h2H,12H2,1H3. The summed E-state index contributed by atoms with van der Waals surface area (Å²) in [6.07, 6.45) is 0. The Balaban J connectivity index is 3.40. The molecule has 0 aliphatic heterocycles. The van der Waals surface area contributed by atoms with Gasteiger partial charge >= 0.3 is 5.97 Å². The molecule has 0 radical (unpaired) electrons. The Morgan fingerprint density at radius 2 is 2.07 bits per heavy atom. The SMILES string of the molecule is COC(=O)c1cc(Br)c(F)c(F)c1N. The average molecular weight is 266 g/mol. The topological polar surface area (TPSA) is 52.3 Å². The number of halogens is 3. The smallest absolute Gasteiger partial charge is 0.340 e. The van der Waals surface area contributed by atoms with Gasteiger partial charge in [0.2, 0.25) is 0 Å². The van der Waals surface area contributed by atoms with Gasteiger partial charge in [-0.2, -0.15) is 0 Å². The van der Waals surface area contributed by atoms with Crippen LogP contribution < -0.4 is 5.73 Å². The van der Waals surface area contributed by atoms with Gasteiger partial charge in [-0.3, -0.25) is 0 Å². The van der Waals surface area contributed by atoms with E-state index in [4.69, 9.17) is 5.73 Å². The molecular formula is C8H6BrF2NO2. The van der Waals surface area contributed by atoms with Gasteiger partial charge < -0.3 is 10.5 Å². The quantitative estimate of drug-likeness (QED) is 0.481. The first-order valence-electron chi connectivity index (χ1n) is 3.50. The normalized spacial score (nSPS) is 10.0. The van der Waals surface area contributed by atoms with Crippen molar-refractivity contribution in [3.63, 3.8) is 0 Å². The molecule has 1 rings (SSSR count). The predicted molar refractivity (Wildman–Crippen MR) is 49.8 cm³/mol. The molecule has 0 bridgehead atoms. The Kier molecular flexibility index (Phi) is 3.05. The number of anilines is 1. The Morgan fingerprint density at radius 3 is 2.57 bits per heavy atom. The lowest BCUT2D eigenvalue weighted by molar-refractivity contribution is 0.0601. The highest BCUT2D eigenvalue weighted by atomic mass is 79.9. The van der Waals surface area contributed by atoms with Crippen LogP contribution in [-0.2, 0) is 4.74 Å². The van der Waals surface area contributed by atoms with E-state index in [1.165, 1.54) is 0 Å². The zero-order valence-corrected chi connectivity index (χ0v) is 8.69. The van der Waals surface area contributed by atoms with E-state index >= 15 is 0 Å². The second-order valence-electron chi connectivity index (χ2n) is 2.44. The average Bonchev–Trinajstić information content (AvgIpc) is 2.19. The molecule has 0 aliphatic rings. The Morgan fingerprint density at radius 1 is 1.50 bits per heavy atom. The second-order valence-corrected chi connectivity index (χ2v) is 3.29. The monoisotopic (exact) mass is 265 g/mol. The number of esters is 1. The fourth-order valence-corrected chi connectivity index (χ4v) is 1.29. The van der Waals surface area contributed by atoms with E-state index in [1.54, 1.807) is 0 Å². The van der Waals surface area contributed by atoms with Gasteiger partial charge in [-0.15, -0.1) is 0 Å². The highest BCUT2D eigenvalue weighted by Gasteiger charge is 2.19. The van der Waals surface area contributed by atoms with Gasteiger partial charge in [0.25, 0.3) is 0 Å². The summed E-state index contributed by atoms with van der Waals surface area (Å²) in [5.41, 5.74) is 4.42. The van der Waals surface area contributed by atoms with Gasteiger partial charge in [0.15, 0.2) is 11.6 Å². The lowest BCUT2D eigenvalue weighted by Gasteiger charge is -2.06. The summed E-state index contributed by atoms with van der Waals surface area (Å²) in [6, 6.07) is 1.07. The maximum absolute atomic E-state index is 13.0. The summed E-state index contributed by atoms with van der Waals surface area (Å²) in [6.45, 7) is 0. The largest absolute Gasteiger partial charge is 0.465 e. The summed E-state index contributed by atoms with van der Waals surface area (Å²) in [7, 11) is 1.12. The molecule has 0 saturated heterocycles. The van der Waals surface area contributed by atoms with Crippen molar-refractivity contribution in [3.05, 3.63) is 27.7 Å². The van der Waals surface area contributed by atoms with Crippen LogP contribution in [0.2, 0.25) is 0 Å². The van der Waals surface area contributed by atoms with Crippen LogP contribution in [0.15, 0.2) is 10.5 Å². The van der Waals surface area contributed by atoms with Crippen molar-refractivity contribution in [1.82, 2.24) is 0 Å². The molecule has 6 heteroatoms. The fraction of sp³-hybridized carbons (Fsp3) is 0.125. The van der Waals surface area contributed by atoms with Crippen LogP contribution in [0.4, 0.5) is 14.5 Å². The molecule has 0 heterocycles. The molecule has 0 aromatic heterocycles. The number of methoxy groups -OCH3 is 1. The number of ether oxygens (including phenoxy) is 1. The van der Waals surface area contributed by atoms with Gasteiger partial charge in [0.05, 0.1) is 22.8 Å². The molecule has 0 saturated carbocycles. The van der Waals surface area contributed by atoms with E-state index in [0.717, 1.165) is 13.2 Å². The Hall–Kier alpha value is -1.17. The maximum Gasteiger partial charge on any atom is 0.340 e. The van der Waals surface area contributed by atoms with Gasteiger partial charge in [-0.05, 0) is 22.0 Å². The summed E-state index contributed by atoms with van der Waals surface area (Å²) in [4.78, 5) is 11.0. The predicted octanol–water partition coefficient (Wildman–Crippen LogP) is 2.10. The third-order valence-corrected chi connectivity index (χ3v) is 2.18. The van der Waals surface area contributed by atoms with E-state index in [0.29, 0.717) is 0 Å². The molecule has 3 nitrogen and oxygen atoms in total. The molecule has 0 amide bonds. The zero-order chi connectivity index (χ0) is 10.9. The van der Waals surface area contributed by atoms with Crippen molar-refractivity contribution < 1.29 is 18.3 Å². The molecule has 1 aromatic rings. The van der Waals surface area contributed by atoms with Gasteiger partial charge in [0, 0.05) is 0 Å². The highest BCUT2D eigenvalue weighted by molar-refractivity contribution is 9.10. The van der Waals surface area contributed by atoms with Crippen LogP contribution in [0, 0.1) is 11.6 Å². The fourth-order valence-electron chi connectivity index (χ4n) is 0.888. The van der Waals surface area contributed by atoms with Crippen LogP contribution in [0.5, 0.6) is 0 Å². The lowest BCUT2D eigenvalue weighted by atomic mass is 10.1. The van der Waals surface area contributed by atoms with Crippen LogP contribution >= 0.6 is 15.9 Å². The first-order chi connectivity index (χ1) is 6.49. The minimum atomic E-state index is -1.26. The Labute approximate surface area is 87.0 Å². The number of carbonyl (C=O) groups excluding carboxylic acids is 1. The summed E-state index contributed by atoms with van der Waals surface area (Å²) in [5.74, 6) is -3.21. The molecule has 0 spiro atoms.